The van der Waals surface area contributed by atoms with E-state index in [0.717, 1.165) is 27.8 Å². The van der Waals surface area contributed by atoms with Crippen molar-refractivity contribution in [3.8, 4) is 17.2 Å². The maximum Gasteiger partial charge on any atom is 0.343 e. The zero-order valence-electron chi connectivity index (χ0n) is 23.5. The second kappa shape index (κ2) is 13.2. The Kier molecular flexibility index (Phi) is 9.01. The third-order valence-electron chi connectivity index (χ3n) is 6.49. The van der Waals surface area contributed by atoms with Gasteiger partial charge in [0.25, 0.3) is 5.69 Å². The first-order valence-electron chi connectivity index (χ1n) is 13.2. The van der Waals surface area contributed by atoms with Crippen LogP contribution in [0.15, 0.2) is 105 Å². The number of amides is 1. The summed E-state index contributed by atoms with van der Waals surface area (Å²) in [6.45, 7) is 4.18. The molecule has 2 heterocycles. The molecule has 5 rings (SSSR count). The molecule has 5 aromatic rings. The highest BCUT2D eigenvalue weighted by atomic mass is 79.9. The zero-order chi connectivity index (χ0) is 31.2. The lowest BCUT2D eigenvalue weighted by molar-refractivity contribution is -0.384. The van der Waals surface area contributed by atoms with Crippen molar-refractivity contribution in [2.24, 2.45) is 5.10 Å². The second-order valence-corrected chi connectivity index (χ2v) is 10.5. The number of esters is 1. The van der Waals surface area contributed by atoms with Crippen molar-refractivity contribution in [1.82, 2.24) is 9.99 Å². The van der Waals surface area contributed by atoms with Crippen LogP contribution >= 0.6 is 15.9 Å². The highest BCUT2D eigenvalue weighted by Crippen LogP contribution is 2.25. The van der Waals surface area contributed by atoms with Gasteiger partial charge in [-0.1, -0.05) is 15.9 Å². The van der Waals surface area contributed by atoms with E-state index in [1.54, 1.807) is 30.3 Å². The van der Waals surface area contributed by atoms with Crippen molar-refractivity contribution in [2.45, 2.75) is 20.5 Å². The number of nitro benzene ring substituents is 1. The Morgan fingerprint density at radius 3 is 2.36 bits per heavy atom. The van der Waals surface area contributed by atoms with Crippen molar-refractivity contribution >= 4 is 39.7 Å². The lowest BCUT2D eigenvalue weighted by atomic mass is 10.2. The van der Waals surface area contributed by atoms with Gasteiger partial charge in [-0.05, 0) is 92.7 Å². The fraction of sp³-hybridized carbons (Fsp3) is 0.0938. The van der Waals surface area contributed by atoms with E-state index in [1.807, 2.05) is 38.1 Å². The van der Waals surface area contributed by atoms with Crippen LogP contribution in [0.2, 0.25) is 0 Å². The minimum Gasteiger partial charge on any atom is -0.486 e. The SMILES string of the molecule is Cc1ccc(C)n1-c1ccc(OCc2ccc(C(=O)N/N=C/c3cc([N+](=O)[O-])ccc3OC(=O)c3ccc(Br)cc3)o2)cc1. The Morgan fingerprint density at radius 2 is 1.68 bits per heavy atom. The van der Waals surface area contributed by atoms with Gasteiger partial charge in [-0.25, -0.2) is 10.2 Å². The number of carbonyl (C=O) groups is 2. The molecule has 1 amide bonds. The molecule has 0 saturated heterocycles. The molecule has 3 aromatic carbocycles. The Hall–Kier alpha value is -5.49. The Labute approximate surface area is 260 Å². The molecule has 0 radical (unpaired) electrons. The summed E-state index contributed by atoms with van der Waals surface area (Å²) in [5, 5.41) is 15.2. The van der Waals surface area contributed by atoms with E-state index in [1.165, 1.54) is 24.3 Å². The Balaban J connectivity index is 1.20. The number of nitrogens with one attached hydrogen (secondary N) is 1. The average molecular weight is 657 g/mol. The summed E-state index contributed by atoms with van der Waals surface area (Å²) in [6, 6.07) is 25.0. The fourth-order valence-electron chi connectivity index (χ4n) is 4.30. The van der Waals surface area contributed by atoms with E-state index in [2.05, 4.69) is 43.2 Å². The maximum absolute atomic E-state index is 12.6. The monoisotopic (exact) mass is 656 g/mol. The van der Waals surface area contributed by atoms with Gasteiger partial charge >= 0.3 is 11.9 Å². The average Bonchev–Trinajstić information content (AvgIpc) is 3.63. The molecular formula is C32H25BrN4O7. The minimum absolute atomic E-state index is 0.0180. The van der Waals surface area contributed by atoms with Gasteiger partial charge in [0.05, 0.1) is 16.7 Å². The number of hydrogen-bond acceptors (Lipinski definition) is 8. The summed E-state index contributed by atoms with van der Waals surface area (Å²) in [4.78, 5) is 35.9. The van der Waals surface area contributed by atoms with Gasteiger partial charge in [0.1, 0.15) is 23.9 Å². The van der Waals surface area contributed by atoms with Crippen LogP contribution in [-0.2, 0) is 6.61 Å². The van der Waals surface area contributed by atoms with Gasteiger partial charge in [-0.2, -0.15) is 5.10 Å². The first-order chi connectivity index (χ1) is 21.2. The number of hydrazone groups is 1. The summed E-state index contributed by atoms with van der Waals surface area (Å²) in [5.41, 5.74) is 5.73. The van der Waals surface area contributed by atoms with Crippen molar-refractivity contribution in [1.29, 1.82) is 0 Å². The van der Waals surface area contributed by atoms with Crippen molar-refractivity contribution in [3.05, 3.63) is 140 Å². The van der Waals surface area contributed by atoms with Crippen LogP contribution in [0.1, 0.15) is 43.6 Å². The number of halogens is 1. The summed E-state index contributed by atoms with van der Waals surface area (Å²) >= 11 is 3.30. The van der Waals surface area contributed by atoms with Crippen LogP contribution < -0.4 is 14.9 Å². The van der Waals surface area contributed by atoms with Gasteiger partial charge in [-0.15, -0.1) is 0 Å². The topological polar surface area (TPSA) is 138 Å². The summed E-state index contributed by atoms with van der Waals surface area (Å²) in [7, 11) is 0. The number of carbonyl (C=O) groups excluding carboxylic acids is 2. The first kappa shape index (κ1) is 30.0. The molecule has 0 spiro atoms. The van der Waals surface area contributed by atoms with Crippen LogP contribution in [-0.4, -0.2) is 27.6 Å². The second-order valence-electron chi connectivity index (χ2n) is 9.57. The minimum atomic E-state index is -0.669. The standard InChI is InChI=1S/C32H25BrN4O7/c1-20-3-4-21(2)36(20)25-9-12-27(13-10-25)42-19-28-14-16-30(43-28)31(38)35-34-18-23-17-26(37(40)41)11-15-29(23)44-32(39)22-5-7-24(33)8-6-22/h3-18H,19H2,1-2H3,(H,35,38)/b34-18+. The number of rotatable bonds is 10. The number of aromatic nitrogens is 1. The number of nitrogens with zero attached hydrogens (tertiary/aromatic N) is 3. The third kappa shape index (κ3) is 7.10. The van der Waals surface area contributed by atoms with Gasteiger partial charge in [0.2, 0.25) is 0 Å². The summed E-state index contributed by atoms with van der Waals surface area (Å²) in [6.07, 6.45) is 1.14. The smallest absolute Gasteiger partial charge is 0.343 e. The van der Waals surface area contributed by atoms with E-state index in [0.29, 0.717) is 11.5 Å². The van der Waals surface area contributed by atoms with Crippen molar-refractivity contribution in [2.75, 3.05) is 0 Å². The highest BCUT2D eigenvalue weighted by molar-refractivity contribution is 9.10. The number of nitro groups is 1. The molecule has 0 aliphatic rings. The lowest BCUT2D eigenvalue weighted by Gasteiger charge is -2.10. The quantitative estimate of drug-likeness (QED) is 0.0566. The molecule has 2 aromatic heterocycles. The number of hydrogen-bond donors (Lipinski definition) is 1. The fourth-order valence-corrected chi connectivity index (χ4v) is 4.57. The van der Waals surface area contributed by atoms with Gasteiger partial charge in [0.15, 0.2) is 5.76 Å². The molecular weight excluding hydrogens is 632 g/mol. The van der Waals surface area contributed by atoms with E-state index in [4.69, 9.17) is 13.9 Å². The van der Waals surface area contributed by atoms with E-state index in [-0.39, 0.29) is 34.9 Å². The largest absolute Gasteiger partial charge is 0.486 e. The van der Waals surface area contributed by atoms with Crippen LogP contribution in [0, 0.1) is 24.0 Å². The molecule has 0 unspecified atom stereocenters. The molecule has 12 heteroatoms. The van der Waals surface area contributed by atoms with Crippen molar-refractivity contribution < 1.29 is 28.4 Å². The molecule has 0 aliphatic carbocycles. The molecule has 222 valence electrons. The van der Waals surface area contributed by atoms with E-state index < -0.39 is 16.8 Å². The predicted octanol–water partition coefficient (Wildman–Crippen LogP) is 6.92. The van der Waals surface area contributed by atoms with Crippen molar-refractivity contribution in [3.63, 3.8) is 0 Å². The molecule has 11 nitrogen and oxygen atoms in total. The normalized spacial score (nSPS) is 11.0. The summed E-state index contributed by atoms with van der Waals surface area (Å²) in [5.74, 6) is -0.273. The van der Waals surface area contributed by atoms with Crippen LogP contribution in [0.25, 0.3) is 5.69 Å². The molecule has 0 aliphatic heterocycles. The maximum atomic E-state index is 12.6. The van der Waals surface area contributed by atoms with E-state index >= 15 is 0 Å². The number of aryl methyl sites for hydroxylation is 2. The molecule has 0 saturated carbocycles. The van der Waals surface area contributed by atoms with Crippen LogP contribution in [0.3, 0.4) is 0 Å². The predicted molar refractivity (Wildman–Crippen MR) is 166 cm³/mol. The van der Waals surface area contributed by atoms with Gasteiger partial charge in [-0.3, -0.25) is 14.9 Å². The van der Waals surface area contributed by atoms with E-state index in [9.17, 15) is 19.7 Å². The van der Waals surface area contributed by atoms with Gasteiger partial charge < -0.3 is 18.5 Å². The molecule has 0 bridgehead atoms. The Bertz CT molecular complexity index is 1840. The first-order valence-corrected chi connectivity index (χ1v) is 14.0. The summed E-state index contributed by atoms with van der Waals surface area (Å²) < 4.78 is 19.8. The third-order valence-corrected chi connectivity index (χ3v) is 7.02. The number of ether oxygens (including phenoxy) is 2. The number of benzene rings is 3. The molecule has 0 fully saturated rings. The van der Waals surface area contributed by atoms with Crippen LogP contribution in [0.4, 0.5) is 5.69 Å². The zero-order valence-corrected chi connectivity index (χ0v) is 25.1. The lowest BCUT2D eigenvalue weighted by Crippen LogP contribution is -2.17. The number of non-ortho nitro benzene ring substituents is 1. The van der Waals surface area contributed by atoms with Crippen LogP contribution in [0.5, 0.6) is 11.5 Å². The Morgan fingerprint density at radius 1 is 0.977 bits per heavy atom. The molecule has 0 atom stereocenters. The number of furan rings is 1. The molecule has 44 heavy (non-hydrogen) atoms. The van der Waals surface area contributed by atoms with Gasteiger partial charge in [0, 0.05) is 39.2 Å². The molecule has 1 N–H and O–H groups in total. The highest BCUT2D eigenvalue weighted by Gasteiger charge is 2.16.